The van der Waals surface area contributed by atoms with Crippen molar-refractivity contribution in [3.05, 3.63) is 59.4 Å². The Morgan fingerprint density at radius 3 is 2.52 bits per heavy atom. The van der Waals surface area contributed by atoms with Crippen LogP contribution in [-0.2, 0) is 11.2 Å². The zero-order valence-electron chi connectivity index (χ0n) is 17.0. The molecule has 8 heteroatoms. The minimum atomic E-state index is -0.683. The summed E-state index contributed by atoms with van der Waals surface area (Å²) in [5, 5.41) is 15.2. The number of carbonyl (C=O) groups is 1. The molecule has 4 rings (SSSR count). The van der Waals surface area contributed by atoms with Crippen LogP contribution in [0, 0.1) is 29.3 Å². The Morgan fingerprint density at radius 2 is 1.87 bits per heavy atom. The molecule has 1 heterocycles. The Bertz CT molecular complexity index is 1090. The van der Waals surface area contributed by atoms with Gasteiger partial charge in [-0.25, -0.2) is 13.2 Å². The van der Waals surface area contributed by atoms with Crippen LogP contribution in [-0.4, -0.2) is 35.8 Å². The molecule has 4 N–H and O–H groups in total. The van der Waals surface area contributed by atoms with E-state index >= 15 is 0 Å². The summed E-state index contributed by atoms with van der Waals surface area (Å²) in [6.07, 6.45) is 1.33. The van der Waals surface area contributed by atoms with Crippen molar-refractivity contribution in [3.8, 4) is 11.3 Å². The maximum absolute atomic E-state index is 14.4. The molecule has 2 aromatic carbocycles. The fourth-order valence-corrected chi connectivity index (χ4v) is 4.25. The second-order valence-corrected chi connectivity index (χ2v) is 8.07. The lowest BCUT2D eigenvalue weighted by Gasteiger charge is -2.35. The summed E-state index contributed by atoms with van der Waals surface area (Å²) in [6.45, 7) is -0.202. The van der Waals surface area contributed by atoms with E-state index < -0.39 is 17.8 Å². The van der Waals surface area contributed by atoms with Crippen LogP contribution < -0.4 is 10.6 Å². The first-order valence-electron chi connectivity index (χ1n) is 10.2. The van der Waals surface area contributed by atoms with Gasteiger partial charge in [-0.3, -0.25) is 10.1 Å². The van der Waals surface area contributed by atoms with Gasteiger partial charge in [0.15, 0.2) is 0 Å². The van der Waals surface area contributed by atoms with E-state index in [1.165, 1.54) is 18.2 Å². The number of aromatic amines is 1. The summed E-state index contributed by atoms with van der Waals surface area (Å²) < 4.78 is 41.7. The molecule has 5 nitrogen and oxygen atoms in total. The van der Waals surface area contributed by atoms with E-state index in [4.69, 9.17) is 0 Å². The predicted molar refractivity (Wildman–Crippen MR) is 112 cm³/mol. The zero-order chi connectivity index (χ0) is 22.1. The highest BCUT2D eigenvalue weighted by atomic mass is 19.1. The number of carbonyl (C=O) groups excluding carboxylic acids is 1. The van der Waals surface area contributed by atoms with Crippen molar-refractivity contribution in [1.29, 1.82) is 0 Å². The Balaban J connectivity index is 1.58. The van der Waals surface area contributed by atoms with Crippen molar-refractivity contribution in [2.45, 2.75) is 25.4 Å². The maximum atomic E-state index is 14.4. The number of hydrogen-bond donors (Lipinski definition) is 4. The Hall–Kier alpha value is -2.84. The summed E-state index contributed by atoms with van der Waals surface area (Å²) in [5.41, 5.74) is 2.28. The third-order valence-corrected chi connectivity index (χ3v) is 6.01. The van der Waals surface area contributed by atoms with E-state index in [1.54, 1.807) is 19.2 Å². The fourth-order valence-electron chi connectivity index (χ4n) is 4.25. The molecular formula is C23H24F3N3O2. The molecule has 0 aliphatic heterocycles. The zero-order valence-corrected chi connectivity index (χ0v) is 17.0. The first kappa shape index (κ1) is 21.4. The second-order valence-electron chi connectivity index (χ2n) is 8.07. The quantitative estimate of drug-likeness (QED) is 0.433. The topological polar surface area (TPSA) is 77.2 Å². The van der Waals surface area contributed by atoms with Crippen LogP contribution in [0.3, 0.4) is 0 Å². The molecule has 3 aromatic rings. The molecule has 0 radical (unpaired) electrons. The smallest absolute Gasteiger partial charge is 0.224 e. The van der Waals surface area contributed by atoms with Crippen molar-refractivity contribution in [3.63, 3.8) is 0 Å². The highest BCUT2D eigenvalue weighted by Gasteiger charge is 2.36. The molecule has 1 amide bonds. The molecule has 1 aliphatic carbocycles. The molecule has 1 aliphatic rings. The summed E-state index contributed by atoms with van der Waals surface area (Å²) in [7, 11) is 1.65. The van der Waals surface area contributed by atoms with Crippen molar-refractivity contribution >= 4 is 16.8 Å². The van der Waals surface area contributed by atoms with E-state index in [2.05, 4.69) is 15.6 Å². The second kappa shape index (κ2) is 8.72. The number of hydrogen-bond acceptors (Lipinski definition) is 3. The van der Waals surface area contributed by atoms with Gasteiger partial charge in [0.25, 0.3) is 0 Å². The number of benzene rings is 2. The number of H-pyrrole nitrogens is 1. The minimum absolute atomic E-state index is 0.126. The highest BCUT2D eigenvalue weighted by Crippen LogP contribution is 2.41. The predicted octanol–water partition coefficient (Wildman–Crippen LogP) is 3.47. The molecule has 1 fully saturated rings. The van der Waals surface area contributed by atoms with E-state index in [1.807, 2.05) is 0 Å². The van der Waals surface area contributed by atoms with Gasteiger partial charge in [-0.1, -0.05) is 0 Å². The van der Waals surface area contributed by atoms with E-state index in [9.17, 15) is 23.1 Å². The van der Waals surface area contributed by atoms with Crippen molar-refractivity contribution in [2.75, 3.05) is 13.7 Å². The van der Waals surface area contributed by atoms with Crippen molar-refractivity contribution < 1.29 is 23.1 Å². The van der Waals surface area contributed by atoms with Gasteiger partial charge in [-0.05, 0) is 73.7 Å². The van der Waals surface area contributed by atoms with Gasteiger partial charge in [-0.2, -0.15) is 0 Å². The molecule has 1 aromatic heterocycles. The van der Waals surface area contributed by atoms with E-state index in [-0.39, 0.29) is 35.7 Å². The van der Waals surface area contributed by atoms with Crippen LogP contribution in [0.1, 0.15) is 18.4 Å². The van der Waals surface area contributed by atoms with Crippen LogP contribution >= 0.6 is 0 Å². The summed E-state index contributed by atoms with van der Waals surface area (Å²) in [6, 6.07) is 7.98. The van der Waals surface area contributed by atoms with Gasteiger partial charge >= 0.3 is 0 Å². The van der Waals surface area contributed by atoms with Gasteiger partial charge in [-0.15, -0.1) is 0 Å². The highest BCUT2D eigenvalue weighted by molar-refractivity contribution is 5.91. The van der Waals surface area contributed by atoms with Gasteiger partial charge in [0.2, 0.25) is 5.91 Å². The number of rotatable bonds is 7. The largest absolute Gasteiger partial charge is 0.393 e. The molecule has 31 heavy (non-hydrogen) atoms. The van der Waals surface area contributed by atoms with E-state index in [0.29, 0.717) is 35.9 Å². The van der Waals surface area contributed by atoms with Crippen LogP contribution in [0.25, 0.3) is 22.2 Å². The molecular weight excluding hydrogens is 407 g/mol. The third kappa shape index (κ3) is 4.31. The monoisotopic (exact) mass is 431 g/mol. The molecule has 0 bridgehead atoms. The van der Waals surface area contributed by atoms with E-state index in [0.717, 1.165) is 11.6 Å². The lowest BCUT2D eigenvalue weighted by molar-refractivity contribution is -0.130. The number of halogens is 3. The summed E-state index contributed by atoms with van der Waals surface area (Å²) in [5.74, 6) is -1.85. The number of aliphatic hydroxyl groups is 1. The molecule has 1 unspecified atom stereocenters. The lowest BCUT2D eigenvalue weighted by atomic mass is 9.71. The number of likely N-dealkylation sites (N-methyl/N-ethyl adjacent to an activating group) is 1. The van der Waals surface area contributed by atoms with Crippen LogP contribution in [0.4, 0.5) is 13.2 Å². The Morgan fingerprint density at radius 1 is 1.16 bits per heavy atom. The number of aliphatic hydroxyl groups excluding tert-OH is 1. The summed E-state index contributed by atoms with van der Waals surface area (Å²) in [4.78, 5) is 15.4. The SMILES string of the molecule is CNC(CO)NC(=O)C1CC(Cc2c(-c3ccc(F)cc3)[nH]c3c(F)cc(F)cc23)C1. The normalized spacial score (nSPS) is 19.3. The molecule has 1 saturated carbocycles. The van der Waals surface area contributed by atoms with Crippen molar-refractivity contribution in [1.82, 2.24) is 15.6 Å². The van der Waals surface area contributed by atoms with Crippen LogP contribution in [0.15, 0.2) is 36.4 Å². The van der Waals surface area contributed by atoms with Crippen LogP contribution in [0.5, 0.6) is 0 Å². The average molecular weight is 431 g/mol. The average Bonchev–Trinajstić information content (AvgIpc) is 3.07. The molecule has 164 valence electrons. The lowest BCUT2D eigenvalue weighted by Crippen LogP contribution is -2.50. The van der Waals surface area contributed by atoms with Crippen LogP contribution in [0.2, 0.25) is 0 Å². The number of amides is 1. The maximum Gasteiger partial charge on any atom is 0.224 e. The third-order valence-electron chi connectivity index (χ3n) is 6.01. The summed E-state index contributed by atoms with van der Waals surface area (Å²) >= 11 is 0. The number of fused-ring (bicyclic) bond motifs is 1. The Labute approximate surface area is 177 Å². The fraction of sp³-hybridized carbons (Fsp3) is 0.348. The number of aromatic nitrogens is 1. The minimum Gasteiger partial charge on any atom is -0.393 e. The molecule has 0 saturated heterocycles. The van der Waals surface area contributed by atoms with Crippen molar-refractivity contribution in [2.24, 2.45) is 11.8 Å². The standard InChI is InChI=1S/C23H24F3N3O2/c1-27-20(11-30)28-23(31)14-6-12(7-14)8-17-18-9-16(25)10-19(26)22(18)29-21(17)13-2-4-15(24)5-3-13/h2-5,9-10,12,14,20,27,29-30H,6-8,11H2,1H3,(H,28,31). The molecule has 0 spiro atoms. The van der Waals surface area contributed by atoms with Gasteiger partial charge in [0.1, 0.15) is 23.6 Å². The van der Waals surface area contributed by atoms with Gasteiger partial charge < -0.3 is 15.4 Å². The Kier molecular flexibility index (Phi) is 6.02. The number of nitrogens with one attached hydrogen (secondary N) is 3. The van der Waals surface area contributed by atoms with Gasteiger partial charge in [0.05, 0.1) is 12.1 Å². The first-order valence-corrected chi connectivity index (χ1v) is 10.2. The first-order chi connectivity index (χ1) is 14.9. The van der Waals surface area contributed by atoms with Gasteiger partial charge in [0, 0.05) is 23.1 Å². The molecule has 1 atom stereocenters.